The third kappa shape index (κ3) is 4.22. The van der Waals surface area contributed by atoms with Gasteiger partial charge in [0, 0.05) is 24.3 Å². The smallest absolute Gasteiger partial charge is 0.334 e. The number of fused-ring (bicyclic) bond motifs is 2. The van der Waals surface area contributed by atoms with Crippen LogP contribution in [0.4, 0.5) is 0 Å². The fourth-order valence-corrected chi connectivity index (χ4v) is 4.35. The summed E-state index contributed by atoms with van der Waals surface area (Å²) in [6, 6.07) is 0. The lowest BCUT2D eigenvalue weighted by Crippen LogP contribution is -2.34. The van der Waals surface area contributed by atoms with Crippen molar-refractivity contribution < 1.29 is 28.6 Å². The van der Waals surface area contributed by atoms with Crippen LogP contribution in [0.15, 0.2) is 24.3 Å². The molecule has 6 atom stereocenters. The summed E-state index contributed by atoms with van der Waals surface area (Å²) < 4.78 is 16.8. The van der Waals surface area contributed by atoms with E-state index in [-0.39, 0.29) is 35.3 Å². The van der Waals surface area contributed by atoms with Crippen LogP contribution < -0.4 is 0 Å². The van der Waals surface area contributed by atoms with Crippen LogP contribution in [0.5, 0.6) is 0 Å². The Morgan fingerprint density at radius 1 is 1.32 bits per heavy atom. The molecule has 0 N–H and O–H groups in total. The predicted octanol–water partition coefficient (Wildman–Crippen LogP) is 3.29. The molecular weight excluding hydrogens is 360 g/mol. The highest BCUT2D eigenvalue weighted by molar-refractivity contribution is 5.98. The summed E-state index contributed by atoms with van der Waals surface area (Å²) in [5.41, 5.74) is -0.701. The summed E-state index contributed by atoms with van der Waals surface area (Å²) in [6.07, 6.45) is 6.26. The van der Waals surface area contributed by atoms with E-state index in [1.54, 1.807) is 0 Å². The van der Waals surface area contributed by atoms with Gasteiger partial charge < -0.3 is 14.2 Å². The van der Waals surface area contributed by atoms with Crippen molar-refractivity contribution >= 4 is 17.7 Å². The lowest BCUT2D eigenvalue weighted by Gasteiger charge is -2.27. The molecule has 3 aliphatic rings. The Labute approximate surface area is 166 Å². The van der Waals surface area contributed by atoms with E-state index in [9.17, 15) is 14.4 Å². The third-order valence-corrected chi connectivity index (χ3v) is 6.26. The van der Waals surface area contributed by atoms with Gasteiger partial charge in [-0.05, 0) is 52.0 Å². The van der Waals surface area contributed by atoms with Gasteiger partial charge in [-0.15, -0.1) is 0 Å². The van der Waals surface area contributed by atoms with Crippen molar-refractivity contribution in [1.29, 1.82) is 0 Å². The molecule has 0 aromatic rings. The first-order valence-electron chi connectivity index (χ1n) is 10.0. The van der Waals surface area contributed by atoms with Crippen molar-refractivity contribution in [3.63, 3.8) is 0 Å². The summed E-state index contributed by atoms with van der Waals surface area (Å²) in [6.45, 7) is 11.0. The zero-order valence-electron chi connectivity index (χ0n) is 17.2. The Hall–Kier alpha value is -1.95. The molecule has 2 saturated heterocycles. The van der Waals surface area contributed by atoms with E-state index in [1.807, 2.05) is 32.9 Å². The minimum absolute atomic E-state index is 0.0677. The molecule has 28 heavy (non-hydrogen) atoms. The number of hydrogen-bond donors (Lipinski definition) is 0. The first-order valence-corrected chi connectivity index (χ1v) is 10.0. The van der Waals surface area contributed by atoms with Crippen LogP contribution in [-0.2, 0) is 28.6 Å². The van der Waals surface area contributed by atoms with Gasteiger partial charge in [0.2, 0.25) is 0 Å². The maximum absolute atomic E-state index is 13.0. The molecule has 2 fully saturated rings. The van der Waals surface area contributed by atoms with Gasteiger partial charge in [-0.3, -0.25) is 9.59 Å². The molecule has 6 heteroatoms. The highest BCUT2D eigenvalue weighted by Gasteiger charge is 2.55. The van der Waals surface area contributed by atoms with Gasteiger partial charge in [0.1, 0.15) is 5.60 Å². The number of carbonyl (C=O) groups excluding carboxylic acids is 3. The van der Waals surface area contributed by atoms with Gasteiger partial charge in [0.25, 0.3) is 0 Å². The molecule has 0 unspecified atom stereocenters. The molecule has 1 aliphatic carbocycles. The fourth-order valence-electron chi connectivity index (χ4n) is 4.35. The Morgan fingerprint density at radius 3 is 2.71 bits per heavy atom. The van der Waals surface area contributed by atoms with Crippen LogP contribution in [0.25, 0.3) is 0 Å². The van der Waals surface area contributed by atoms with Crippen molar-refractivity contribution in [2.24, 2.45) is 11.8 Å². The van der Waals surface area contributed by atoms with E-state index in [4.69, 9.17) is 14.2 Å². The average Bonchev–Trinajstić information content (AvgIpc) is 3.14. The normalized spacial score (nSPS) is 42.6. The second-order valence-corrected chi connectivity index (χ2v) is 8.82. The van der Waals surface area contributed by atoms with Crippen LogP contribution in [-0.4, -0.2) is 41.1 Å². The van der Waals surface area contributed by atoms with Gasteiger partial charge >= 0.3 is 11.9 Å². The number of epoxide rings is 1. The van der Waals surface area contributed by atoms with Gasteiger partial charge in [-0.1, -0.05) is 19.6 Å². The Bertz CT molecular complexity index is 725. The van der Waals surface area contributed by atoms with Crippen LogP contribution in [0.2, 0.25) is 0 Å². The molecule has 0 bridgehead atoms. The van der Waals surface area contributed by atoms with E-state index in [1.165, 1.54) is 6.92 Å². The molecule has 0 saturated carbocycles. The number of carbonyl (C=O) groups is 3. The largest absolute Gasteiger partial charge is 0.455 e. The van der Waals surface area contributed by atoms with Gasteiger partial charge in [-0.25, -0.2) is 4.79 Å². The standard InChI is InChI=1S/C22H30O6/c1-13-8-6-9-21(4,27-15(3)23)10-7-11-22(5)17(28-22)12-16-14(2)20(25)26-19(16)18(13)24/h7,10,13,16-17,19H,2,6,8-9,11-12H2,1,3-5H3/b10-7+/t13-,16+,17-,19-,21-,22-/m0/s1. The van der Waals surface area contributed by atoms with E-state index < -0.39 is 17.7 Å². The Kier molecular flexibility index (Phi) is 5.54. The topological polar surface area (TPSA) is 82.2 Å². The Morgan fingerprint density at radius 2 is 2.04 bits per heavy atom. The minimum atomic E-state index is -0.776. The molecule has 2 aliphatic heterocycles. The highest BCUT2D eigenvalue weighted by atomic mass is 16.6. The Balaban J connectivity index is 1.83. The lowest BCUT2D eigenvalue weighted by molar-refractivity contribution is -0.151. The molecule has 3 rings (SSSR count). The monoisotopic (exact) mass is 390 g/mol. The molecule has 0 aromatic carbocycles. The van der Waals surface area contributed by atoms with Crippen molar-refractivity contribution in [3.05, 3.63) is 24.3 Å². The van der Waals surface area contributed by atoms with E-state index in [2.05, 4.69) is 6.58 Å². The maximum Gasteiger partial charge on any atom is 0.334 e. The zero-order chi connectivity index (χ0) is 20.7. The quantitative estimate of drug-likeness (QED) is 0.296. The summed E-state index contributed by atoms with van der Waals surface area (Å²) >= 11 is 0. The number of hydrogen-bond acceptors (Lipinski definition) is 6. The highest BCUT2D eigenvalue weighted by Crippen LogP contribution is 2.47. The van der Waals surface area contributed by atoms with Crippen molar-refractivity contribution in [1.82, 2.24) is 0 Å². The second kappa shape index (κ2) is 7.47. The number of ether oxygens (including phenoxy) is 3. The molecular formula is C22H30O6. The molecule has 0 radical (unpaired) electrons. The van der Waals surface area contributed by atoms with Crippen molar-refractivity contribution in [2.75, 3.05) is 0 Å². The van der Waals surface area contributed by atoms with Gasteiger partial charge in [0.05, 0.1) is 11.7 Å². The minimum Gasteiger partial charge on any atom is -0.455 e. The lowest BCUT2D eigenvalue weighted by atomic mass is 9.82. The predicted molar refractivity (Wildman–Crippen MR) is 102 cm³/mol. The molecule has 0 aromatic heterocycles. The average molecular weight is 390 g/mol. The third-order valence-electron chi connectivity index (χ3n) is 6.26. The number of esters is 2. The summed E-state index contributed by atoms with van der Waals surface area (Å²) in [5.74, 6) is -1.47. The molecule has 6 nitrogen and oxygen atoms in total. The molecule has 2 heterocycles. The van der Waals surface area contributed by atoms with Crippen LogP contribution in [0.1, 0.15) is 59.8 Å². The van der Waals surface area contributed by atoms with E-state index in [0.29, 0.717) is 37.7 Å². The van der Waals surface area contributed by atoms with Crippen molar-refractivity contribution in [2.45, 2.75) is 83.2 Å². The maximum atomic E-state index is 13.0. The summed E-state index contributed by atoms with van der Waals surface area (Å²) in [7, 11) is 0. The molecule has 154 valence electrons. The second-order valence-electron chi connectivity index (χ2n) is 8.82. The first-order chi connectivity index (χ1) is 13.0. The number of ketones is 1. The summed E-state index contributed by atoms with van der Waals surface area (Å²) in [4.78, 5) is 36.6. The SMILES string of the molecule is C=C1C(=O)O[C@@H]2C(=O)[C@@H](C)CCC[C@](C)(OC(C)=O)/C=C/C[C@]3(C)O[C@H]3C[C@H]12. The summed E-state index contributed by atoms with van der Waals surface area (Å²) in [5, 5.41) is 0. The van der Waals surface area contributed by atoms with Gasteiger partial charge in [0.15, 0.2) is 11.9 Å². The van der Waals surface area contributed by atoms with E-state index in [0.717, 1.165) is 0 Å². The molecule has 0 amide bonds. The first kappa shape index (κ1) is 20.8. The van der Waals surface area contributed by atoms with Crippen molar-refractivity contribution in [3.8, 4) is 0 Å². The number of rotatable bonds is 1. The molecule has 0 spiro atoms. The van der Waals surface area contributed by atoms with Crippen LogP contribution in [0, 0.1) is 11.8 Å². The van der Waals surface area contributed by atoms with E-state index >= 15 is 0 Å². The van der Waals surface area contributed by atoms with Gasteiger partial charge in [-0.2, -0.15) is 0 Å². The fraction of sp³-hybridized carbons (Fsp3) is 0.682. The zero-order valence-corrected chi connectivity index (χ0v) is 17.2. The van der Waals surface area contributed by atoms with Crippen LogP contribution in [0.3, 0.4) is 0 Å². The van der Waals surface area contributed by atoms with Crippen LogP contribution >= 0.6 is 0 Å². The number of Topliss-reactive ketones (excluding diaryl/α,β-unsaturated/α-hetero) is 1.